The zero-order valence-corrected chi connectivity index (χ0v) is 8.25. The van der Waals surface area contributed by atoms with Gasteiger partial charge in [0.1, 0.15) is 6.42 Å². The first kappa shape index (κ1) is 12.6. The Morgan fingerprint density at radius 2 is 2.12 bits per heavy atom. The first-order valence-electron chi connectivity index (χ1n) is 4.27. The quantitative estimate of drug-likeness (QED) is 0.279. The van der Waals surface area contributed by atoms with Gasteiger partial charge in [-0.2, -0.15) is 4.39 Å². The molecule has 0 aliphatic rings. The molecule has 8 heteroatoms. The Balaban J connectivity index is 2.99. The van der Waals surface area contributed by atoms with Crippen molar-refractivity contribution in [3.05, 3.63) is 34.1 Å². The van der Waals surface area contributed by atoms with E-state index >= 15 is 0 Å². The van der Waals surface area contributed by atoms with E-state index < -0.39 is 40.5 Å². The number of nitro groups is 1. The van der Waals surface area contributed by atoms with E-state index in [2.05, 4.69) is 4.74 Å². The second-order valence-electron chi connectivity index (χ2n) is 2.89. The maximum absolute atomic E-state index is 13.1. The third-order valence-corrected chi connectivity index (χ3v) is 1.65. The maximum atomic E-state index is 13.1. The Bertz CT molecular complexity index is 486. The number of nitro benzene ring substituents is 1. The van der Waals surface area contributed by atoms with Gasteiger partial charge >= 0.3 is 17.6 Å². The summed E-state index contributed by atoms with van der Waals surface area (Å²) in [5.41, 5.74) is -1.01. The molecule has 0 amide bonds. The van der Waals surface area contributed by atoms with E-state index in [-0.39, 0.29) is 0 Å². The molecule has 90 valence electrons. The van der Waals surface area contributed by atoms with Crippen LogP contribution in [0, 0.1) is 15.9 Å². The molecule has 0 radical (unpaired) electrons. The van der Waals surface area contributed by atoms with Crippen molar-refractivity contribution in [3.8, 4) is 5.75 Å². The van der Waals surface area contributed by atoms with E-state index in [1.807, 2.05) is 0 Å². The molecule has 7 nitrogen and oxygen atoms in total. The summed E-state index contributed by atoms with van der Waals surface area (Å²) >= 11 is 0. The van der Waals surface area contributed by atoms with Crippen molar-refractivity contribution in [2.24, 2.45) is 0 Å². The van der Waals surface area contributed by atoms with Crippen molar-refractivity contribution in [3.63, 3.8) is 0 Å². The molecule has 0 fully saturated rings. The molecular formula is C9H6FNO6. The number of rotatable bonds is 4. The molecule has 0 unspecified atom stereocenters. The molecule has 0 aromatic heterocycles. The number of esters is 1. The topological polar surface area (TPSA) is 107 Å². The third kappa shape index (κ3) is 3.23. The number of carbonyl (C=O) groups excluding carboxylic acids is 1. The number of carboxylic acids is 1. The number of carbonyl (C=O) groups is 2. The monoisotopic (exact) mass is 243 g/mol. The average molecular weight is 243 g/mol. The van der Waals surface area contributed by atoms with Gasteiger partial charge in [0.25, 0.3) is 0 Å². The van der Waals surface area contributed by atoms with Gasteiger partial charge in [0.2, 0.25) is 11.6 Å². The van der Waals surface area contributed by atoms with Gasteiger partial charge in [-0.3, -0.25) is 19.7 Å². The predicted octanol–water partition coefficient (Wildman–Crippen LogP) is 1.11. The SMILES string of the molecule is O=C(O)CC(=O)Oc1cccc(F)c1[N+](=O)[O-]. The lowest BCUT2D eigenvalue weighted by Gasteiger charge is -2.03. The summed E-state index contributed by atoms with van der Waals surface area (Å²) in [6.07, 6.45) is -0.965. The normalized spacial score (nSPS) is 9.71. The van der Waals surface area contributed by atoms with E-state index in [0.717, 1.165) is 18.2 Å². The zero-order chi connectivity index (χ0) is 13.0. The van der Waals surface area contributed by atoms with Crippen molar-refractivity contribution >= 4 is 17.6 Å². The van der Waals surface area contributed by atoms with Crippen molar-refractivity contribution in [1.29, 1.82) is 0 Å². The summed E-state index contributed by atoms with van der Waals surface area (Å²) in [6, 6.07) is 2.93. The average Bonchev–Trinajstić information content (AvgIpc) is 2.15. The van der Waals surface area contributed by atoms with Crippen LogP contribution >= 0.6 is 0 Å². The van der Waals surface area contributed by atoms with Crippen LogP contribution in [0.1, 0.15) is 6.42 Å². The summed E-state index contributed by atoms with van der Waals surface area (Å²) < 4.78 is 17.5. The fraction of sp³-hybridized carbons (Fsp3) is 0.111. The standard InChI is InChI=1S/C9H6FNO6/c10-5-2-1-3-6(9(5)11(15)16)17-8(14)4-7(12)13/h1-3H,4H2,(H,12,13). The third-order valence-electron chi connectivity index (χ3n) is 1.65. The Hall–Kier alpha value is -2.51. The van der Waals surface area contributed by atoms with Gasteiger partial charge in [-0.05, 0) is 12.1 Å². The number of ether oxygens (including phenoxy) is 1. The fourth-order valence-electron chi connectivity index (χ4n) is 1.04. The number of halogens is 1. The lowest BCUT2D eigenvalue weighted by atomic mass is 10.3. The minimum absolute atomic E-state index is 0.624. The first-order valence-corrected chi connectivity index (χ1v) is 4.27. The van der Waals surface area contributed by atoms with Gasteiger partial charge in [0.15, 0.2) is 0 Å². The van der Waals surface area contributed by atoms with Gasteiger partial charge in [0.05, 0.1) is 4.92 Å². The van der Waals surface area contributed by atoms with Crippen LogP contribution in [0.2, 0.25) is 0 Å². The molecule has 0 saturated carbocycles. The van der Waals surface area contributed by atoms with Crippen molar-refractivity contribution in [1.82, 2.24) is 0 Å². The number of hydrogen-bond donors (Lipinski definition) is 1. The van der Waals surface area contributed by atoms with E-state index in [0.29, 0.717) is 0 Å². The van der Waals surface area contributed by atoms with Crippen LogP contribution in [0.4, 0.5) is 10.1 Å². The molecule has 0 spiro atoms. The van der Waals surface area contributed by atoms with E-state index in [1.54, 1.807) is 0 Å². The molecule has 1 aromatic rings. The molecule has 17 heavy (non-hydrogen) atoms. The van der Waals surface area contributed by atoms with Gasteiger partial charge in [-0.1, -0.05) is 6.07 Å². The number of aliphatic carboxylic acids is 1. The summed E-state index contributed by atoms with van der Waals surface area (Å²) in [7, 11) is 0. The molecule has 0 heterocycles. The van der Waals surface area contributed by atoms with Crippen molar-refractivity contribution in [2.45, 2.75) is 6.42 Å². The van der Waals surface area contributed by atoms with Gasteiger partial charge in [-0.25, -0.2) is 0 Å². The highest BCUT2D eigenvalue weighted by atomic mass is 19.1. The molecular weight excluding hydrogens is 237 g/mol. The predicted molar refractivity (Wildman–Crippen MR) is 50.9 cm³/mol. The molecule has 0 bridgehead atoms. The minimum Gasteiger partial charge on any atom is -0.481 e. The summed E-state index contributed by atoms with van der Waals surface area (Å²) in [4.78, 5) is 30.6. The van der Waals surface area contributed by atoms with Crippen molar-refractivity contribution < 1.29 is 28.7 Å². The fourth-order valence-corrected chi connectivity index (χ4v) is 1.04. The van der Waals surface area contributed by atoms with E-state index in [1.165, 1.54) is 0 Å². The van der Waals surface area contributed by atoms with Crippen LogP contribution in [0.5, 0.6) is 5.75 Å². The van der Waals surface area contributed by atoms with Crippen LogP contribution in [-0.4, -0.2) is 22.0 Å². The van der Waals surface area contributed by atoms with Crippen LogP contribution in [0.15, 0.2) is 18.2 Å². The molecule has 0 aliphatic heterocycles. The number of nitrogens with zero attached hydrogens (tertiary/aromatic N) is 1. The number of para-hydroxylation sites is 1. The lowest BCUT2D eigenvalue weighted by molar-refractivity contribution is -0.388. The summed E-state index contributed by atoms with van der Waals surface area (Å²) in [5.74, 6) is -4.46. The van der Waals surface area contributed by atoms with E-state index in [9.17, 15) is 24.1 Å². The summed E-state index contributed by atoms with van der Waals surface area (Å²) in [6.45, 7) is 0. The highest BCUT2D eigenvalue weighted by Crippen LogP contribution is 2.29. The number of hydrogen-bond acceptors (Lipinski definition) is 5. The highest BCUT2D eigenvalue weighted by molar-refractivity contribution is 5.91. The Morgan fingerprint density at radius 1 is 1.47 bits per heavy atom. The number of benzene rings is 1. The van der Waals surface area contributed by atoms with Crippen LogP contribution in [-0.2, 0) is 9.59 Å². The second kappa shape index (κ2) is 5.01. The molecule has 0 saturated heterocycles. The largest absolute Gasteiger partial charge is 0.481 e. The van der Waals surface area contributed by atoms with Crippen molar-refractivity contribution in [2.75, 3.05) is 0 Å². The van der Waals surface area contributed by atoms with Crippen LogP contribution < -0.4 is 4.74 Å². The lowest BCUT2D eigenvalue weighted by Crippen LogP contribution is -2.14. The maximum Gasteiger partial charge on any atom is 0.346 e. The second-order valence-corrected chi connectivity index (χ2v) is 2.89. The molecule has 1 N–H and O–H groups in total. The van der Waals surface area contributed by atoms with Crippen LogP contribution in [0.25, 0.3) is 0 Å². The van der Waals surface area contributed by atoms with Gasteiger partial charge in [-0.15, -0.1) is 0 Å². The minimum atomic E-state index is -1.45. The molecule has 0 atom stereocenters. The smallest absolute Gasteiger partial charge is 0.346 e. The Labute approximate surface area is 93.6 Å². The summed E-state index contributed by atoms with van der Waals surface area (Å²) in [5, 5.41) is 18.8. The first-order chi connectivity index (χ1) is 7.91. The Kier molecular flexibility index (Phi) is 3.70. The Morgan fingerprint density at radius 3 is 2.65 bits per heavy atom. The van der Waals surface area contributed by atoms with E-state index in [4.69, 9.17) is 5.11 Å². The zero-order valence-electron chi connectivity index (χ0n) is 8.25. The van der Waals surface area contributed by atoms with Gasteiger partial charge < -0.3 is 9.84 Å². The molecule has 1 rings (SSSR count). The van der Waals surface area contributed by atoms with Crippen LogP contribution in [0.3, 0.4) is 0 Å². The molecule has 0 aliphatic carbocycles. The molecule has 1 aromatic carbocycles. The van der Waals surface area contributed by atoms with Gasteiger partial charge in [0, 0.05) is 0 Å². The number of carboxylic acid groups (broad SMARTS) is 1. The highest BCUT2D eigenvalue weighted by Gasteiger charge is 2.23.